The van der Waals surface area contributed by atoms with Crippen molar-refractivity contribution < 1.29 is 17.1 Å². The fraction of sp³-hybridized carbons (Fsp3) is 0. The van der Waals surface area contributed by atoms with Crippen LogP contribution in [-0.4, -0.2) is 6.21 Å². The Morgan fingerprint density at radius 1 is 1.00 bits per heavy atom. The molecule has 0 bridgehead atoms. The van der Waals surface area contributed by atoms with Gasteiger partial charge in [0.2, 0.25) is 0 Å². The summed E-state index contributed by atoms with van der Waals surface area (Å²) in [5, 5.41) is 8.29. The van der Waals surface area contributed by atoms with Crippen molar-refractivity contribution in [1.29, 1.82) is 0 Å². The van der Waals surface area contributed by atoms with Gasteiger partial charge in [-0.15, -0.1) is 0 Å². The molecule has 0 aliphatic heterocycles. The van der Waals surface area contributed by atoms with Crippen LogP contribution in [0.1, 0.15) is 5.56 Å². The smallest absolute Gasteiger partial charge is 0.167 e. The summed E-state index contributed by atoms with van der Waals surface area (Å²) >= 11 is 0. The van der Waals surface area contributed by atoms with Crippen LogP contribution in [0.2, 0.25) is 0 Å². The van der Waals surface area contributed by atoms with Gasteiger partial charge in [-0.25, -0.2) is 0 Å². The topological polar surface area (TPSA) is 89.3 Å². The van der Waals surface area contributed by atoms with E-state index in [2.05, 4.69) is 0 Å². The molecule has 1 aromatic carbocycles. The van der Waals surface area contributed by atoms with Crippen molar-refractivity contribution in [2.24, 2.45) is 0 Å². The quantitative estimate of drug-likeness (QED) is 0.377. The van der Waals surface area contributed by atoms with Gasteiger partial charge in [-0.2, -0.15) is 0 Å². The average Bonchev–Trinajstić information content (AvgIpc) is 1.90. The fourth-order valence-corrected chi connectivity index (χ4v) is 0.513. The predicted octanol–water partition coefficient (Wildman–Crippen LogP) is 2.98. The van der Waals surface area contributed by atoms with Gasteiger partial charge in [-0.3, -0.25) is 0 Å². The third kappa shape index (κ3) is 5.67. The number of hydrogen-bond donors (Lipinski definition) is 0. The van der Waals surface area contributed by atoms with E-state index in [1.54, 1.807) is 12.1 Å². The van der Waals surface area contributed by atoms with E-state index in [-0.39, 0.29) is 29.4 Å². The van der Waals surface area contributed by atoms with Crippen LogP contribution in [0, 0.1) is 0 Å². The molecule has 4 N–H and O–H groups in total. The molecule has 0 aromatic heterocycles. The summed E-state index contributed by atoms with van der Waals surface area (Å²) in [6, 6.07) is 9.14. The van der Waals surface area contributed by atoms with Crippen molar-refractivity contribution in [2.75, 3.05) is 0 Å². The van der Waals surface area contributed by atoms with Crippen LogP contribution in [0.3, 0.4) is 0 Å². The van der Waals surface area contributed by atoms with Crippen LogP contribution < -0.4 is 0 Å². The van der Waals surface area contributed by atoms with E-state index < -0.39 is 0 Å². The van der Waals surface area contributed by atoms with Crippen LogP contribution >= 0.6 is 0 Å². The summed E-state index contributed by atoms with van der Waals surface area (Å²) in [4.78, 5) is 0. The van der Waals surface area contributed by atoms with Crippen LogP contribution in [0.15, 0.2) is 30.3 Å². The molecule has 0 unspecified atom stereocenters. The monoisotopic (exact) mass is 198 g/mol. The van der Waals surface area contributed by atoms with Gasteiger partial charge in [0, 0.05) is 17.1 Å². The van der Waals surface area contributed by atoms with Crippen LogP contribution in [-0.2, 0) is 17.1 Å². The molecule has 0 heterocycles. The molecule has 0 fully saturated rings. The van der Waals surface area contributed by atoms with Crippen molar-refractivity contribution in [3.63, 3.8) is 0 Å². The van der Waals surface area contributed by atoms with Gasteiger partial charge >= 0.3 is 0 Å². The Bertz CT molecular complexity index is 176. The summed E-state index contributed by atoms with van der Waals surface area (Å²) in [5.74, 6) is 0. The molecular weight excluding hydrogens is 190 g/mol. The Labute approximate surface area is 77.3 Å². The Balaban J connectivity index is -0.000000213. The first-order valence-electron chi connectivity index (χ1n) is 2.38. The number of nitrogens with zero attached hydrogens (tertiary/aromatic N) is 1. The molecular formula is C7H9CuN3-2. The summed E-state index contributed by atoms with van der Waals surface area (Å²) in [5.41, 5.74) is 0.715. The zero-order chi connectivity index (χ0) is 5.82. The van der Waals surface area contributed by atoms with E-state index >= 15 is 0 Å². The Morgan fingerprint density at radius 2 is 1.45 bits per heavy atom. The molecule has 4 heteroatoms. The maximum absolute atomic E-state index is 8.29. The van der Waals surface area contributed by atoms with Gasteiger partial charge in [-0.05, 0) is 18.2 Å². The Kier molecular flexibility index (Phi) is 14.0. The van der Waals surface area contributed by atoms with Crippen molar-refractivity contribution in [3.8, 4) is 0 Å². The molecule has 1 radical (unpaired) electrons. The van der Waals surface area contributed by atoms with E-state index in [1.807, 2.05) is 24.4 Å². The maximum Gasteiger partial charge on any atom is 0.167 e. The SMILES string of the molecule is [Cu].[N-]=[C+]c1ccccc1.[NH2-].[NH2-]. The molecule has 0 saturated carbocycles. The second-order valence-electron chi connectivity index (χ2n) is 1.48. The fourth-order valence-electron chi connectivity index (χ4n) is 0.513. The molecule has 0 aliphatic carbocycles. The number of benzene rings is 1. The maximum atomic E-state index is 8.29. The van der Waals surface area contributed by atoms with Gasteiger partial charge in [0.1, 0.15) is 0 Å². The van der Waals surface area contributed by atoms with E-state index in [9.17, 15) is 0 Å². The van der Waals surface area contributed by atoms with Gasteiger partial charge in [0.25, 0.3) is 0 Å². The normalized spacial score (nSPS) is 5.82. The minimum absolute atomic E-state index is 0. The van der Waals surface area contributed by atoms with E-state index in [0.29, 0.717) is 5.56 Å². The summed E-state index contributed by atoms with van der Waals surface area (Å²) in [6.07, 6.45) is 2.03. The first-order valence-corrected chi connectivity index (χ1v) is 2.38. The average molecular weight is 199 g/mol. The van der Waals surface area contributed by atoms with E-state index in [4.69, 9.17) is 5.41 Å². The molecule has 11 heavy (non-hydrogen) atoms. The first kappa shape index (κ1) is 16.7. The minimum Gasteiger partial charge on any atom is -0.693 e. The second kappa shape index (κ2) is 9.24. The third-order valence-electron chi connectivity index (χ3n) is 0.903. The van der Waals surface area contributed by atoms with Gasteiger partial charge < -0.3 is 17.7 Å². The second-order valence-corrected chi connectivity index (χ2v) is 1.48. The molecule has 65 valence electrons. The number of rotatable bonds is 1. The Hall–Kier alpha value is -0.761. The standard InChI is InChI=1S/C7H5N.Cu.2H2N/c8-6-7-4-2-1-3-5-7;;;/h1-5H;;2*1H2/q;;2*-1. The van der Waals surface area contributed by atoms with Crippen molar-refractivity contribution in [3.05, 3.63) is 53.6 Å². The van der Waals surface area contributed by atoms with E-state index in [0.717, 1.165) is 0 Å². The van der Waals surface area contributed by atoms with Gasteiger partial charge in [0.15, 0.2) is 5.56 Å². The van der Waals surface area contributed by atoms with E-state index in [1.165, 1.54) is 0 Å². The molecule has 0 spiro atoms. The van der Waals surface area contributed by atoms with Gasteiger partial charge in [-0.1, -0.05) is 6.21 Å². The zero-order valence-electron chi connectivity index (χ0n) is 5.79. The number of hydrogen-bond acceptors (Lipinski definition) is 0. The van der Waals surface area contributed by atoms with Crippen LogP contribution in [0.5, 0.6) is 0 Å². The Morgan fingerprint density at radius 3 is 1.73 bits per heavy atom. The van der Waals surface area contributed by atoms with Crippen LogP contribution in [0.25, 0.3) is 17.7 Å². The zero-order valence-corrected chi connectivity index (χ0v) is 6.73. The summed E-state index contributed by atoms with van der Waals surface area (Å²) < 4.78 is 0. The predicted molar refractivity (Wildman–Crippen MR) is 44.5 cm³/mol. The molecule has 0 amide bonds. The minimum atomic E-state index is 0. The summed E-state index contributed by atoms with van der Waals surface area (Å²) in [7, 11) is 0. The molecule has 0 saturated heterocycles. The first-order chi connectivity index (χ1) is 3.93. The molecule has 0 atom stereocenters. The van der Waals surface area contributed by atoms with Gasteiger partial charge in [0.05, 0.1) is 12.1 Å². The largest absolute Gasteiger partial charge is 0.693 e. The number of nitrogens with two attached hydrogens (primary N) is 2. The third-order valence-corrected chi connectivity index (χ3v) is 0.903. The molecule has 3 nitrogen and oxygen atoms in total. The molecule has 1 rings (SSSR count). The summed E-state index contributed by atoms with van der Waals surface area (Å²) in [6.45, 7) is 0. The molecule has 1 aromatic rings. The van der Waals surface area contributed by atoms with Crippen molar-refractivity contribution >= 4 is 6.21 Å². The van der Waals surface area contributed by atoms with Crippen molar-refractivity contribution in [1.82, 2.24) is 0 Å². The van der Waals surface area contributed by atoms with Crippen LogP contribution in [0.4, 0.5) is 0 Å². The van der Waals surface area contributed by atoms with Crippen molar-refractivity contribution in [2.45, 2.75) is 0 Å². The molecule has 0 aliphatic rings.